The Morgan fingerprint density at radius 2 is 1.45 bits per heavy atom. The molecule has 1 rings (SSSR count). The molecule has 0 aromatic rings. The zero-order chi connectivity index (χ0) is 16.6. The van der Waals surface area contributed by atoms with Gasteiger partial charge in [-0.2, -0.15) is 0 Å². The van der Waals surface area contributed by atoms with E-state index in [1.165, 1.54) is 16.7 Å². The molecule has 2 N–H and O–H groups in total. The number of aliphatic hydroxyl groups is 2. The quantitative estimate of drug-likeness (QED) is 0.710. The Bertz CT molecular complexity index is 427. The number of aliphatic hydroxyl groups excluding tert-OH is 1. The van der Waals surface area contributed by atoms with Crippen molar-refractivity contribution >= 4 is 0 Å². The summed E-state index contributed by atoms with van der Waals surface area (Å²) in [5.74, 6) is 0.107. The maximum Gasteiger partial charge on any atom is 0.0880 e. The van der Waals surface area contributed by atoms with Gasteiger partial charge in [-0.05, 0) is 78.6 Å². The molecule has 2 nitrogen and oxygen atoms in total. The second kappa shape index (κ2) is 9.32. The molecular formula is C20H34O2. The fraction of sp³-hybridized carbons (Fsp3) is 0.700. The van der Waals surface area contributed by atoms with E-state index in [4.69, 9.17) is 0 Å². The first-order valence-electron chi connectivity index (χ1n) is 8.65. The zero-order valence-corrected chi connectivity index (χ0v) is 14.9. The molecule has 2 atom stereocenters. The highest BCUT2D eigenvalue weighted by Gasteiger charge is 2.30. The summed E-state index contributed by atoms with van der Waals surface area (Å²) in [5.41, 5.74) is 3.26. The van der Waals surface area contributed by atoms with E-state index in [0.29, 0.717) is 0 Å². The van der Waals surface area contributed by atoms with E-state index in [0.717, 1.165) is 44.9 Å². The number of hydrogen-bond acceptors (Lipinski definition) is 2. The molecule has 0 saturated carbocycles. The largest absolute Gasteiger partial charge is 0.393 e. The summed E-state index contributed by atoms with van der Waals surface area (Å²) in [6, 6.07) is 0. The van der Waals surface area contributed by atoms with Crippen LogP contribution in [-0.4, -0.2) is 22.4 Å². The third-order valence-electron chi connectivity index (χ3n) is 4.90. The van der Waals surface area contributed by atoms with Gasteiger partial charge in [-0.25, -0.2) is 0 Å². The molecule has 0 saturated heterocycles. The molecule has 0 aromatic heterocycles. The van der Waals surface area contributed by atoms with Gasteiger partial charge in [0.1, 0.15) is 0 Å². The molecule has 0 amide bonds. The molecule has 2 heteroatoms. The van der Waals surface area contributed by atoms with Crippen LogP contribution in [0.4, 0.5) is 0 Å². The van der Waals surface area contributed by atoms with E-state index in [-0.39, 0.29) is 12.5 Å². The molecule has 0 aliphatic heterocycles. The Labute approximate surface area is 136 Å². The number of allylic oxidation sites excluding steroid dienone is 6. The first kappa shape index (κ1) is 19.2. The smallest absolute Gasteiger partial charge is 0.0880 e. The highest BCUT2D eigenvalue weighted by molar-refractivity contribution is 5.08. The van der Waals surface area contributed by atoms with Crippen LogP contribution >= 0.6 is 0 Å². The highest BCUT2D eigenvalue weighted by Crippen LogP contribution is 2.28. The molecule has 0 heterocycles. The third kappa shape index (κ3) is 6.93. The lowest BCUT2D eigenvalue weighted by Gasteiger charge is -2.31. The molecule has 22 heavy (non-hydrogen) atoms. The van der Waals surface area contributed by atoms with Crippen LogP contribution in [-0.2, 0) is 0 Å². The minimum Gasteiger partial charge on any atom is -0.393 e. The normalized spacial score (nSPS) is 32.5. The number of rotatable bonds is 2. The Hall–Kier alpha value is -0.860. The van der Waals surface area contributed by atoms with Crippen LogP contribution in [0, 0.1) is 5.92 Å². The molecule has 1 aliphatic rings. The van der Waals surface area contributed by atoms with Gasteiger partial charge in [-0.1, -0.05) is 34.9 Å². The molecule has 126 valence electrons. The number of hydrogen-bond donors (Lipinski definition) is 2. The van der Waals surface area contributed by atoms with Gasteiger partial charge in [0.25, 0.3) is 0 Å². The Morgan fingerprint density at radius 1 is 0.955 bits per heavy atom. The van der Waals surface area contributed by atoms with Crippen molar-refractivity contribution in [2.24, 2.45) is 5.92 Å². The summed E-state index contributed by atoms with van der Waals surface area (Å²) in [7, 11) is 0. The first-order chi connectivity index (χ1) is 10.3. The minimum atomic E-state index is -0.995. The van der Waals surface area contributed by atoms with Gasteiger partial charge in [0.05, 0.1) is 12.2 Å². The summed E-state index contributed by atoms with van der Waals surface area (Å²) in [6.45, 7) is 8.16. The molecular weight excluding hydrogens is 272 g/mol. The lowest BCUT2D eigenvalue weighted by atomic mass is 9.82. The molecule has 0 radical (unpaired) electrons. The Morgan fingerprint density at radius 3 is 2.00 bits per heavy atom. The van der Waals surface area contributed by atoms with Gasteiger partial charge >= 0.3 is 0 Å². The maximum atomic E-state index is 10.5. The fourth-order valence-corrected chi connectivity index (χ4v) is 2.96. The predicted molar refractivity (Wildman–Crippen MR) is 94.8 cm³/mol. The zero-order valence-electron chi connectivity index (χ0n) is 14.9. The van der Waals surface area contributed by atoms with Crippen molar-refractivity contribution in [3.63, 3.8) is 0 Å². The van der Waals surface area contributed by atoms with Crippen LogP contribution in [0.3, 0.4) is 0 Å². The van der Waals surface area contributed by atoms with Crippen molar-refractivity contribution in [3.05, 3.63) is 34.9 Å². The standard InChI is InChI=1S/C20H34O2/c1-16-7-5-9-17(2)11-13-19(20(4,22)15-21)14-12-18(3)10-6-8-16/h7,10-11,19,21-22H,5-6,8-9,12-15H2,1-4H3/b16-7+,17-11+,18-10+/t19-,20+/m0/s1. The molecule has 0 spiro atoms. The lowest BCUT2D eigenvalue weighted by molar-refractivity contribution is -0.0483. The van der Waals surface area contributed by atoms with E-state index < -0.39 is 5.60 Å². The van der Waals surface area contributed by atoms with E-state index in [1.807, 2.05) is 0 Å². The van der Waals surface area contributed by atoms with Crippen molar-refractivity contribution in [1.29, 1.82) is 0 Å². The van der Waals surface area contributed by atoms with E-state index >= 15 is 0 Å². The Balaban J connectivity index is 2.87. The second-order valence-corrected chi connectivity index (χ2v) is 7.22. The minimum absolute atomic E-state index is 0.107. The first-order valence-corrected chi connectivity index (χ1v) is 8.65. The van der Waals surface area contributed by atoms with Crippen LogP contribution in [0.25, 0.3) is 0 Å². The van der Waals surface area contributed by atoms with Crippen molar-refractivity contribution in [2.75, 3.05) is 6.61 Å². The molecule has 0 unspecified atom stereocenters. The van der Waals surface area contributed by atoms with Crippen LogP contribution < -0.4 is 0 Å². The summed E-state index contributed by atoms with van der Waals surface area (Å²) < 4.78 is 0. The van der Waals surface area contributed by atoms with E-state index in [9.17, 15) is 10.2 Å². The average Bonchev–Trinajstić information content (AvgIpc) is 2.46. The summed E-state index contributed by atoms with van der Waals surface area (Å²) >= 11 is 0. The van der Waals surface area contributed by atoms with Crippen molar-refractivity contribution in [2.45, 2.75) is 78.2 Å². The second-order valence-electron chi connectivity index (χ2n) is 7.22. The Kier molecular flexibility index (Phi) is 8.13. The summed E-state index contributed by atoms with van der Waals surface area (Å²) in [5, 5.41) is 19.9. The summed E-state index contributed by atoms with van der Waals surface area (Å²) in [6.07, 6.45) is 14.1. The summed E-state index contributed by atoms with van der Waals surface area (Å²) in [4.78, 5) is 0. The average molecular weight is 306 g/mol. The highest BCUT2D eigenvalue weighted by atomic mass is 16.3. The molecule has 0 fully saturated rings. The third-order valence-corrected chi connectivity index (χ3v) is 4.90. The van der Waals surface area contributed by atoms with Gasteiger partial charge in [0.15, 0.2) is 0 Å². The van der Waals surface area contributed by atoms with Gasteiger partial charge in [-0.3, -0.25) is 0 Å². The van der Waals surface area contributed by atoms with Gasteiger partial charge in [-0.15, -0.1) is 0 Å². The van der Waals surface area contributed by atoms with Gasteiger partial charge in [0, 0.05) is 0 Å². The SMILES string of the molecule is C/C1=C\CC/C(C)=C/C[C@H]([C@](C)(O)CO)CC/C(C)=C/CC1. The monoisotopic (exact) mass is 306 g/mol. The van der Waals surface area contributed by atoms with Crippen LogP contribution in [0.2, 0.25) is 0 Å². The lowest BCUT2D eigenvalue weighted by Crippen LogP contribution is -2.38. The van der Waals surface area contributed by atoms with Crippen molar-refractivity contribution in [3.8, 4) is 0 Å². The van der Waals surface area contributed by atoms with Crippen LogP contribution in [0.5, 0.6) is 0 Å². The molecule has 0 bridgehead atoms. The van der Waals surface area contributed by atoms with Crippen molar-refractivity contribution in [1.82, 2.24) is 0 Å². The molecule has 0 aromatic carbocycles. The van der Waals surface area contributed by atoms with E-state index in [1.54, 1.807) is 6.92 Å². The van der Waals surface area contributed by atoms with Gasteiger partial charge in [0.2, 0.25) is 0 Å². The van der Waals surface area contributed by atoms with Crippen molar-refractivity contribution < 1.29 is 10.2 Å². The fourth-order valence-electron chi connectivity index (χ4n) is 2.96. The topological polar surface area (TPSA) is 40.5 Å². The maximum absolute atomic E-state index is 10.5. The van der Waals surface area contributed by atoms with Crippen LogP contribution in [0.1, 0.15) is 72.6 Å². The predicted octanol–water partition coefficient (Wildman–Crippen LogP) is 4.93. The molecule has 1 aliphatic carbocycles. The van der Waals surface area contributed by atoms with Crippen LogP contribution in [0.15, 0.2) is 34.9 Å². The van der Waals surface area contributed by atoms with E-state index in [2.05, 4.69) is 39.0 Å². The van der Waals surface area contributed by atoms with Gasteiger partial charge < -0.3 is 10.2 Å².